The molecule has 2 N–H and O–H groups in total. The maximum Gasteiger partial charge on any atom is 0.326 e. The van der Waals surface area contributed by atoms with E-state index in [1.165, 1.54) is 33.5 Å². The fourth-order valence-corrected chi connectivity index (χ4v) is 2.85. The first-order valence-electron chi connectivity index (χ1n) is 7.93. The number of hydrogen-bond acceptors (Lipinski definition) is 6. The first-order valence-corrected chi connectivity index (χ1v) is 7.93. The number of carbonyl (C=O) groups is 2. The van der Waals surface area contributed by atoms with E-state index in [4.69, 9.17) is 18.9 Å². The molecule has 1 aromatic carbocycles. The van der Waals surface area contributed by atoms with Gasteiger partial charge >= 0.3 is 5.97 Å². The third-order valence-corrected chi connectivity index (χ3v) is 4.15. The van der Waals surface area contributed by atoms with Crippen LogP contribution in [0.5, 0.6) is 17.2 Å². The molecular formula is C17H23NO7. The van der Waals surface area contributed by atoms with Crippen molar-refractivity contribution in [3.8, 4) is 17.2 Å². The molecule has 2 rings (SSSR count). The Morgan fingerprint density at radius 3 is 2.28 bits per heavy atom. The quantitative estimate of drug-likeness (QED) is 0.762. The minimum Gasteiger partial charge on any atom is -0.493 e. The van der Waals surface area contributed by atoms with E-state index < -0.39 is 17.9 Å². The van der Waals surface area contributed by atoms with Crippen LogP contribution in [0.15, 0.2) is 12.1 Å². The van der Waals surface area contributed by atoms with Gasteiger partial charge in [-0.05, 0) is 25.0 Å². The van der Waals surface area contributed by atoms with E-state index in [0.717, 1.165) is 6.42 Å². The van der Waals surface area contributed by atoms with Crippen molar-refractivity contribution in [2.24, 2.45) is 5.92 Å². The first kappa shape index (κ1) is 18.9. The molecule has 8 nitrogen and oxygen atoms in total. The largest absolute Gasteiger partial charge is 0.493 e. The Morgan fingerprint density at radius 2 is 1.84 bits per heavy atom. The van der Waals surface area contributed by atoms with Crippen molar-refractivity contribution in [3.63, 3.8) is 0 Å². The highest BCUT2D eigenvalue weighted by molar-refractivity contribution is 5.97. The molecule has 1 saturated heterocycles. The normalized spacial score (nSPS) is 18.1. The fraction of sp³-hybridized carbons (Fsp3) is 0.529. The fourth-order valence-electron chi connectivity index (χ4n) is 2.85. The summed E-state index contributed by atoms with van der Waals surface area (Å²) in [5, 5.41) is 12.0. The van der Waals surface area contributed by atoms with Gasteiger partial charge in [-0.1, -0.05) is 0 Å². The molecule has 1 aliphatic rings. The van der Waals surface area contributed by atoms with Crippen molar-refractivity contribution in [2.45, 2.75) is 18.9 Å². The number of carboxylic acid groups (broad SMARTS) is 1. The minimum atomic E-state index is -1.09. The molecule has 0 bridgehead atoms. The van der Waals surface area contributed by atoms with Crippen LogP contribution in [-0.4, -0.2) is 57.6 Å². The Kier molecular flexibility index (Phi) is 6.46. The van der Waals surface area contributed by atoms with Crippen LogP contribution >= 0.6 is 0 Å². The molecule has 138 valence electrons. The summed E-state index contributed by atoms with van der Waals surface area (Å²) in [7, 11) is 4.35. The third-order valence-electron chi connectivity index (χ3n) is 4.15. The Bertz CT molecular complexity index is 600. The highest BCUT2D eigenvalue weighted by atomic mass is 16.5. The second-order valence-electron chi connectivity index (χ2n) is 5.68. The van der Waals surface area contributed by atoms with Crippen LogP contribution in [-0.2, 0) is 9.53 Å². The number of amides is 1. The molecule has 1 aromatic rings. The molecule has 25 heavy (non-hydrogen) atoms. The number of hydrogen-bond donors (Lipinski definition) is 2. The molecule has 0 saturated carbocycles. The molecule has 2 unspecified atom stereocenters. The standard InChI is InChI=1S/C17H23NO7/c1-22-12-7-11(8-13(23-2)15(12)24-3)16(19)18-14(17(20)21)10-5-4-6-25-9-10/h7-8,10,14H,4-6,9H2,1-3H3,(H,18,19)(H,20,21). The molecule has 1 fully saturated rings. The van der Waals surface area contributed by atoms with E-state index in [1.54, 1.807) is 0 Å². The summed E-state index contributed by atoms with van der Waals surface area (Å²) >= 11 is 0. The van der Waals surface area contributed by atoms with Crippen LogP contribution in [0.2, 0.25) is 0 Å². The van der Waals surface area contributed by atoms with Gasteiger partial charge in [-0.3, -0.25) is 4.79 Å². The molecule has 1 amide bonds. The Labute approximate surface area is 146 Å². The average Bonchev–Trinajstić information content (AvgIpc) is 2.64. The van der Waals surface area contributed by atoms with Gasteiger partial charge in [0.25, 0.3) is 5.91 Å². The topological polar surface area (TPSA) is 103 Å². The van der Waals surface area contributed by atoms with Gasteiger partial charge in [0.1, 0.15) is 6.04 Å². The Hall–Kier alpha value is -2.48. The zero-order chi connectivity index (χ0) is 18.4. The predicted octanol–water partition coefficient (Wildman–Crippen LogP) is 1.32. The summed E-state index contributed by atoms with van der Waals surface area (Å²) in [6, 6.07) is 1.94. The minimum absolute atomic E-state index is 0.220. The van der Waals surface area contributed by atoms with Gasteiger partial charge in [-0.15, -0.1) is 0 Å². The van der Waals surface area contributed by atoms with E-state index in [9.17, 15) is 14.7 Å². The first-order chi connectivity index (χ1) is 12.0. The summed E-state index contributed by atoms with van der Waals surface area (Å²) < 4.78 is 21.0. The predicted molar refractivity (Wildman–Crippen MR) is 88.5 cm³/mol. The van der Waals surface area contributed by atoms with E-state index >= 15 is 0 Å². The lowest BCUT2D eigenvalue weighted by molar-refractivity contribution is -0.142. The molecule has 0 radical (unpaired) electrons. The van der Waals surface area contributed by atoms with E-state index in [1.807, 2.05) is 0 Å². The molecule has 1 heterocycles. The summed E-state index contributed by atoms with van der Waals surface area (Å²) in [4.78, 5) is 24.1. The summed E-state index contributed by atoms with van der Waals surface area (Å²) in [5.41, 5.74) is 0.220. The number of rotatable bonds is 7. The van der Waals surface area contributed by atoms with Crippen molar-refractivity contribution < 1.29 is 33.6 Å². The van der Waals surface area contributed by atoms with Crippen molar-refractivity contribution in [1.82, 2.24) is 5.32 Å². The molecule has 0 spiro atoms. The van der Waals surface area contributed by atoms with E-state index in [0.29, 0.717) is 36.9 Å². The number of aliphatic carboxylic acids is 1. The Balaban J connectivity index is 2.24. The van der Waals surface area contributed by atoms with Gasteiger partial charge in [0.05, 0.1) is 27.9 Å². The Morgan fingerprint density at radius 1 is 1.20 bits per heavy atom. The number of carboxylic acids is 1. The number of carbonyl (C=O) groups excluding carboxylic acids is 1. The van der Waals surface area contributed by atoms with Crippen molar-refractivity contribution in [2.75, 3.05) is 34.5 Å². The van der Waals surface area contributed by atoms with Gasteiger partial charge in [-0.25, -0.2) is 4.79 Å². The smallest absolute Gasteiger partial charge is 0.326 e. The van der Waals surface area contributed by atoms with Crippen molar-refractivity contribution in [1.29, 1.82) is 0 Å². The van der Waals surface area contributed by atoms with E-state index in [2.05, 4.69) is 5.32 Å². The average molecular weight is 353 g/mol. The number of nitrogens with one attached hydrogen (secondary N) is 1. The van der Waals surface area contributed by atoms with Gasteiger partial charge < -0.3 is 29.4 Å². The molecule has 0 aliphatic carbocycles. The van der Waals surface area contributed by atoms with Gasteiger partial charge in [0, 0.05) is 18.1 Å². The van der Waals surface area contributed by atoms with Crippen molar-refractivity contribution in [3.05, 3.63) is 17.7 Å². The third kappa shape index (κ3) is 4.33. The SMILES string of the molecule is COc1cc(C(=O)NC(C(=O)O)C2CCCOC2)cc(OC)c1OC. The molecule has 2 atom stereocenters. The van der Waals surface area contributed by atoms with Gasteiger partial charge in [0.2, 0.25) is 5.75 Å². The molecule has 0 aromatic heterocycles. The lowest BCUT2D eigenvalue weighted by Gasteiger charge is -2.28. The van der Waals surface area contributed by atoms with Gasteiger partial charge in [0.15, 0.2) is 11.5 Å². The molecule has 1 aliphatic heterocycles. The zero-order valence-electron chi connectivity index (χ0n) is 14.5. The lowest BCUT2D eigenvalue weighted by atomic mass is 9.93. The zero-order valence-corrected chi connectivity index (χ0v) is 14.5. The van der Waals surface area contributed by atoms with Crippen LogP contribution in [0, 0.1) is 5.92 Å². The highest BCUT2D eigenvalue weighted by Gasteiger charge is 2.32. The van der Waals surface area contributed by atoms with Crippen LogP contribution in [0.4, 0.5) is 0 Å². The summed E-state index contributed by atoms with van der Waals surface area (Å²) in [6.07, 6.45) is 1.46. The lowest BCUT2D eigenvalue weighted by Crippen LogP contribution is -2.48. The highest BCUT2D eigenvalue weighted by Crippen LogP contribution is 2.38. The molecular weight excluding hydrogens is 330 g/mol. The van der Waals surface area contributed by atoms with Crippen LogP contribution in [0.1, 0.15) is 23.2 Å². The monoisotopic (exact) mass is 353 g/mol. The number of methoxy groups -OCH3 is 3. The summed E-state index contributed by atoms with van der Waals surface area (Å²) in [5.74, 6) is -0.887. The number of ether oxygens (including phenoxy) is 4. The maximum absolute atomic E-state index is 12.6. The second kappa shape index (κ2) is 8.57. The van der Waals surface area contributed by atoms with Crippen LogP contribution in [0.3, 0.4) is 0 Å². The van der Waals surface area contributed by atoms with Crippen LogP contribution < -0.4 is 19.5 Å². The second-order valence-corrected chi connectivity index (χ2v) is 5.68. The maximum atomic E-state index is 12.6. The molecule has 8 heteroatoms. The summed E-state index contributed by atoms with van der Waals surface area (Å²) in [6.45, 7) is 0.927. The number of benzene rings is 1. The van der Waals surface area contributed by atoms with Crippen LogP contribution in [0.25, 0.3) is 0 Å². The van der Waals surface area contributed by atoms with Gasteiger partial charge in [-0.2, -0.15) is 0 Å². The van der Waals surface area contributed by atoms with Crippen molar-refractivity contribution >= 4 is 11.9 Å². The van der Waals surface area contributed by atoms with E-state index in [-0.39, 0.29) is 11.5 Å².